The van der Waals surface area contributed by atoms with E-state index in [1.807, 2.05) is 12.1 Å². The van der Waals surface area contributed by atoms with Gasteiger partial charge in [0.1, 0.15) is 18.2 Å². The number of rotatable bonds is 6. The second-order valence-corrected chi connectivity index (χ2v) is 6.24. The summed E-state index contributed by atoms with van der Waals surface area (Å²) in [6.07, 6.45) is -3.93. The number of nitrogens with zero attached hydrogens (tertiary/aromatic N) is 1. The van der Waals surface area contributed by atoms with E-state index in [0.717, 1.165) is 25.9 Å². The third kappa shape index (κ3) is 7.07. The highest BCUT2D eigenvalue weighted by Crippen LogP contribution is 2.29. The number of halogens is 3. The molecule has 1 saturated heterocycles. The van der Waals surface area contributed by atoms with Crippen molar-refractivity contribution in [1.82, 2.24) is 10.3 Å². The third-order valence-electron chi connectivity index (χ3n) is 3.93. The van der Waals surface area contributed by atoms with E-state index in [0.29, 0.717) is 28.9 Å². The highest BCUT2D eigenvalue weighted by Gasteiger charge is 2.38. The first-order valence-electron chi connectivity index (χ1n) is 8.79. The number of hydrogen-bond donors (Lipinski definition) is 5. The van der Waals surface area contributed by atoms with Gasteiger partial charge in [-0.2, -0.15) is 18.2 Å². The van der Waals surface area contributed by atoms with Crippen molar-refractivity contribution >= 4 is 23.1 Å². The number of piperidine rings is 1. The van der Waals surface area contributed by atoms with Gasteiger partial charge in [0.2, 0.25) is 0 Å². The molecule has 0 saturated carbocycles. The van der Waals surface area contributed by atoms with Crippen LogP contribution < -0.4 is 15.4 Å². The fourth-order valence-corrected chi connectivity index (χ4v) is 2.48. The number of oxazole rings is 1. The zero-order valence-corrected chi connectivity index (χ0v) is 15.3. The van der Waals surface area contributed by atoms with Crippen molar-refractivity contribution < 1.29 is 42.4 Å². The average Bonchev–Trinajstić information content (AvgIpc) is 3.09. The Morgan fingerprint density at radius 1 is 1.38 bits per heavy atom. The lowest BCUT2D eigenvalue weighted by atomic mass is 10.1. The largest absolute Gasteiger partial charge is 0.490 e. The van der Waals surface area contributed by atoms with Crippen LogP contribution in [0.4, 0.5) is 19.2 Å². The van der Waals surface area contributed by atoms with Crippen LogP contribution in [-0.2, 0) is 4.79 Å². The number of aliphatic hydroxyl groups is 2. The van der Waals surface area contributed by atoms with E-state index in [9.17, 15) is 18.3 Å². The van der Waals surface area contributed by atoms with Gasteiger partial charge in [-0.25, -0.2) is 4.79 Å². The number of ether oxygens (including phenoxy) is 1. The van der Waals surface area contributed by atoms with Crippen molar-refractivity contribution in [2.45, 2.75) is 31.2 Å². The van der Waals surface area contributed by atoms with Gasteiger partial charge in [-0.15, -0.1) is 0 Å². The van der Waals surface area contributed by atoms with Crippen molar-refractivity contribution in [3.8, 4) is 5.75 Å². The maximum atomic E-state index is 10.6. The number of para-hydroxylation sites is 1. The average molecular weight is 421 g/mol. The zero-order chi connectivity index (χ0) is 21.4. The normalized spacial score (nSPS) is 16.0. The molecule has 1 aliphatic heterocycles. The third-order valence-corrected chi connectivity index (χ3v) is 3.93. The molecule has 1 fully saturated rings. The lowest BCUT2D eigenvalue weighted by Crippen LogP contribution is -2.35. The minimum atomic E-state index is -5.08. The summed E-state index contributed by atoms with van der Waals surface area (Å²) in [5.41, 5.74) is 1.25. The molecule has 3 rings (SSSR count). The highest BCUT2D eigenvalue weighted by molar-refractivity contribution is 5.80. The first kappa shape index (κ1) is 22.7. The van der Waals surface area contributed by atoms with Gasteiger partial charge in [-0.05, 0) is 38.1 Å². The molecule has 12 heteroatoms. The molecule has 162 valence electrons. The predicted octanol–water partition coefficient (Wildman–Crippen LogP) is 1.36. The summed E-state index contributed by atoms with van der Waals surface area (Å²) in [7, 11) is 0. The van der Waals surface area contributed by atoms with Gasteiger partial charge in [0.15, 0.2) is 11.3 Å². The van der Waals surface area contributed by atoms with E-state index in [4.69, 9.17) is 24.2 Å². The summed E-state index contributed by atoms with van der Waals surface area (Å²) < 4.78 is 43.0. The number of aliphatic hydroxyl groups excluding tert-OH is 2. The molecule has 1 aliphatic rings. The standard InChI is InChI=1S/C15H21N3O4.C2HF3O2/c19-8-11(20)9-21-13-3-1-2-12-14(13)22-15(18-12)17-10-4-6-16-7-5-10;3-2(4,5)1(6)7/h1-3,10-11,16,19-20H,4-9H2,(H,17,18);(H,6,7). The molecular weight excluding hydrogens is 399 g/mol. The van der Waals surface area contributed by atoms with Gasteiger partial charge in [-0.1, -0.05) is 6.07 Å². The molecule has 0 aliphatic carbocycles. The van der Waals surface area contributed by atoms with E-state index in [1.54, 1.807) is 6.07 Å². The second-order valence-electron chi connectivity index (χ2n) is 6.24. The molecule has 0 bridgehead atoms. The van der Waals surface area contributed by atoms with Crippen LogP contribution in [0.3, 0.4) is 0 Å². The molecule has 5 N–H and O–H groups in total. The number of hydrogen-bond acceptors (Lipinski definition) is 8. The molecule has 1 atom stereocenters. The molecule has 0 spiro atoms. The number of alkyl halides is 3. The molecule has 0 radical (unpaired) electrons. The van der Waals surface area contributed by atoms with Crippen LogP contribution in [0.2, 0.25) is 0 Å². The summed E-state index contributed by atoms with van der Waals surface area (Å²) in [6.45, 7) is 1.65. The van der Waals surface area contributed by atoms with E-state index < -0.39 is 18.2 Å². The van der Waals surface area contributed by atoms with Crippen LogP contribution in [0.5, 0.6) is 5.75 Å². The summed E-state index contributed by atoms with van der Waals surface area (Å²) in [5.74, 6) is -2.25. The maximum absolute atomic E-state index is 10.6. The van der Waals surface area contributed by atoms with Crippen molar-refractivity contribution in [2.75, 3.05) is 31.6 Å². The molecule has 2 aromatic rings. The predicted molar refractivity (Wildman–Crippen MR) is 95.8 cm³/mol. The van der Waals surface area contributed by atoms with Gasteiger partial charge in [0, 0.05) is 6.04 Å². The zero-order valence-electron chi connectivity index (χ0n) is 15.3. The minimum Gasteiger partial charge on any atom is -0.487 e. The lowest BCUT2D eigenvalue weighted by Gasteiger charge is -2.22. The number of fused-ring (bicyclic) bond motifs is 1. The van der Waals surface area contributed by atoms with Gasteiger partial charge in [0.05, 0.1) is 6.61 Å². The molecule has 2 heterocycles. The smallest absolute Gasteiger partial charge is 0.487 e. The van der Waals surface area contributed by atoms with E-state index in [1.165, 1.54) is 0 Å². The number of carbonyl (C=O) groups is 1. The van der Waals surface area contributed by atoms with Crippen molar-refractivity contribution in [1.29, 1.82) is 0 Å². The van der Waals surface area contributed by atoms with Gasteiger partial charge in [-0.3, -0.25) is 0 Å². The number of carboxylic acids is 1. The van der Waals surface area contributed by atoms with Crippen LogP contribution in [0.15, 0.2) is 22.6 Å². The molecule has 1 aromatic carbocycles. The Balaban J connectivity index is 0.000000370. The Hall–Kier alpha value is -2.57. The molecule has 0 amide bonds. The Labute approximate surface area is 163 Å². The summed E-state index contributed by atoms with van der Waals surface area (Å²) >= 11 is 0. The molecule has 1 aromatic heterocycles. The quantitative estimate of drug-likeness (QED) is 0.468. The van der Waals surface area contributed by atoms with Gasteiger partial charge >= 0.3 is 12.1 Å². The monoisotopic (exact) mass is 421 g/mol. The highest BCUT2D eigenvalue weighted by atomic mass is 19.4. The SMILES string of the molecule is O=C(O)C(F)(F)F.OCC(O)COc1cccc2nc(NC3CCNCC3)oc12. The maximum Gasteiger partial charge on any atom is 0.490 e. The second kappa shape index (κ2) is 10.3. The van der Waals surface area contributed by atoms with Crippen LogP contribution in [0, 0.1) is 0 Å². The number of nitrogens with one attached hydrogen (secondary N) is 2. The first-order chi connectivity index (χ1) is 13.7. The fraction of sp³-hybridized carbons (Fsp3) is 0.529. The van der Waals surface area contributed by atoms with Crippen LogP contribution >= 0.6 is 0 Å². The van der Waals surface area contributed by atoms with Gasteiger partial charge < -0.3 is 35.1 Å². The topological polar surface area (TPSA) is 137 Å². The Morgan fingerprint density at radius 3 is 2.62 bits per heavy atom. The van der Waals surface area contributed by atoms with Crippen LogP contribution in [0.25, 0.3) is 11.1 Å². The number of aliphatic carboxylic acids is 1. The molecular formula is C17H22F3N3O6. The Morgan fingerprint density at radius 2 is 2.03 bits per heavy atom. The number of aromatic nitrogens is 1. The summed E-state index contributed by atoms with van der Waals surface area (Å²) in [5, 5.41) is 32.0. The summed E-state index contributed by atoms with van der Waals surface area (Å²) in [4.78, 5) is 13.3. The number of carboxylic acid groups (broad SMARTS) is 1. The van der Waals surface area contributed by atoms with Crippen molar-refractivity contribution in [3.05, 3.63) is 18.2 Å². The van der Waals surface area contributed by atoms with E-state index in [-0.39, 0.29) is 13.2 Å². The minimum absolute atomic E-state index is 0.00731. The lowest BCUT2D eigenvalue weighted by molar-refractivity contribution is -0.192. The molecule has 9 nitrogen and oxygen atoms in total. The number of benzene rings is 1. The van der Waals surface area contributed by atoms with E-state index in [2.05, 4.69) is 15.6 Å². The number of anilines is 1. The van der Waals surface area contributed by atoms with Gasteiger partial charge in [0.25, 0.3) is 6.01 Å². The summed E-state index contributed by atoms with van der Waals surface area (Å²) in [6, 6.07) is 6.27. The Kier molecular flexibility index (Phi) is 8.05. The fourth-order valence-electron chi connectivity index (χ4n) is 2.48. The van der Waals surface area contributed by atoms with E-state index >= 15 is 0 Å². The van der Waals surface area contributed by atoms with Crippen molar-refractivity contribution in [2.24, 2.45) is 0 Å². The first-order valence-corrected chi connectivity index (χ1v) is 8.79. The molecule has 29 heavy (non-hydrogen) atoms. The molecule has 1 unspecified atom stereocenters. The van der Waals surface area contributed by atoms with Crippen molar-refractivity contribution in [3.63, 3.8) is 0 Å². The van der Waals surface area contributed by atoms with Crippen LogP contribution in [0.1, 0.15) is 12.8 Å². The Bertz CT molecular complexity index is 792. The van der Waals surface area contributed by atoms with Crippen LogP contribution in [-0.4, -0.2) is 70.9 Å².